The molecule has 0 saturated heterocycles. The Morgan fingerprint density at radius 1 is 1.47 bits per heavy atom. The SMILES string of the molecule is COc1c(C)c(Br)cc(C)c1CC(C)=O. The van der Waals surface area contributed by atoms with E-state index >= 15 is 0 Å². The fourth-order valence-corrected chi connectivity index (χ4v) is 2.17. The van der Waals surface area contributed by atoms with Crippen molar-refractivity contribution < 1.29 is 9.53 Å². The number of rotatable bonds is 3. The molecule has 82 valence electrons. The Labute approximate surface area is 98.8 Å². The topological polar surface area (TPSA) is 26.3 Å². The molecule has 0 aliphatic rings. The van der Waals surface area contributed by atoms with Crippen LogP contribution in [0.1, 0.15) is 23.6 Å². The van der Waals surface area contributed by atoms with Gasteiger partial charge in [-0.15, -0.1) is 0 Å². The Bertz CT molecular complexity index is 397. The van der Waals surface area contributed by atoms with Crippen LogP contribution in [0.3, 0.4) is 0 Å². The molecule has 0 N–H and O–H groups in total. The zero-order chi connectivity index (χ0) is 11.6. The lowest BCUT2D eigenvalue weighted by Crippen LogP contribution is -2.04. The molecule has 0 fully saturated rings. The van der Waals surface area contributed by atoms with Gasteiger partial charge < -0.3 is 4.74 Å². The number of aryl methyl sites for hydroxylation is 1. The monoisotopic (exact) mass is 270 g/mol. The molecule has 0 unspecified atom stereocenters. The normalized spacial score (nSPS) is 10.2. The Morgan fingerprint density at radius 3 is 2.53 bits per heavy atom. The summed E-state index contributed by atoms with van der Waals surface area (Å²) in [5.74, 6) is 0.968. The molecule has 0 aliphatic carbocycles. The number of carbonyl (C=O) groups excluding carboxylic acids is 1. The molecule has 0 atom stereocenters. The van der Waals surface area contributed by atoms with Crippen LogP contribution >= 0.6 is 15.9 Å². The number of halogens is 1. The van der Waals surface area contributed by atoms with Gasteiger partial charge in [-0.3, -0.25) is 4.79 Å². The van der Waals surface area contributed by atoms with E-state index in [4.69, 9.17) is 4.74 Å². The summed E-state index contributed by atoms with van der Waals surface area (Å²) < 4.78 is 6.37. The van der Waals surface area contributed by atoms with Crippen molar-refractivity contribution in [2.45, 2.75) is 27.2 Å². The molecule has 0 saturated carbocycles. The highest BCUT2D eigenvalue weighted by Crippen LogP contribution is 2.33. The van der Waals surface area contributed by atoms with Crippen molar-refractivity contribution in [3.8, 4) is 5.75 Å². The van der Waals surface area contributed by atoms with Gasteiger partial charge in [0.25, 0.3) is 0 Å². The van der Waals surface area contributed by atoms with Crippen molar-refractivity contribution in [2.75, 3.05) is 7.11 Å². The molecular weight excluding hydrogens is 256 g/mol. The Kier molecular flexibility index (Phi) is 3.91. The summed E-state index contributed by atoms with van der Waals surface area (Å²) in [6.07, 6.45) is 0.434. The summed E-state index contributed by atoms with van der Waals surface area (Å²) in [6.45, 7) is 5.56. The highest BCUT2D eigenvalue weighted by molar-refractivity contribution is 9.10. The number of methoxy groups -OCH3 is 1. The van der Waals surface area contributed by atoms with E-state index in [1.165, 1.54) is 0 Å². The average molecular weight is 271 g/mol. The van der Waals surface area contributed by atoms with Gasteiger partial charge in [0, 0.05) is 22.0 Å². The first-order chi connectivity index (χ1) is 6.97. The molecule has 2 nitrogen and oxygen atoms in total. The zero-order valence-electron chi connectivity index (χ0n) is 9.48. The van der Waals surface area contributed by atoms with E-state index < -0.39 is 0 Å². The van der Waals surface area contributed by atoms with Gasteiger partial charge in [0.1, 0.15) is 11.5 Å². The Morgan fingerprint density at radius 2 is 2.07 bits per heavy atom. The Balaban J connectivity index is 3.35. The van der Waals surface area contributed by atoms with Crippen LogP contribution in [0.5, 0.6) is 5.75 Å². The second-order valence-corrected chi connectivity index (χ2v) is 4.55. The Hall–Kier alpha value is -0.830. The first-order valence-electron chi connectivity index (χ1n) is 4.79. The van der Waals surface area contributed by atoms with Crippen molar-refractivity contribution >= 4 is 21.7 Å². The summed E-state index contributed by atoms with van der Waals surface area (Å²) in [7, 11) is 1.64. The molecule has 0 heterocycles. The maximum Gasteiger partial charge on any atom is 0.134 e. The molecule has 0 spiro atoms. The lowest BCUT2D eigenvalue weighted by Gasteiger charge is -2.14. The van der Waals surface area contributed by atoms with Gasteiger partial charge >= 0.3 is 0 Å². The van der Waals surface area contributed by atoms with Crippen LogP contribution in [0.15, 0.2) is 10.5 Å². The second kappa shape index (κ2) is 4.79. The summed E-state index contributed by atoms with van der Waals surface area (Å²) >= 11 is 3.47. The number of ketones is 1. The lowest BCUT2D eigenvalue weighted by molar-refractivity contribution is -0.116. The molecule has 3 heteroatoms. The van der Waals surface area contributed by atoms with Crippen molar-refractivity contribution in [3.05, 3.63) is 27.2 Å². The van der Waals surface area contributed by atoms with Crippen molar-refractivity contribution in [1.29, 1.82) is 0 Å². The van der Waals surface area contributed by atoms with E-state index in [0.29, 0.717) is 6.42 Å². The van der Waals surface area contributed by atoms with Crippen molar-refractivity contribution in [1.82, 2.24) is 0 Å². The van der Waals surface area contributed by atoms with Crippen LogP contribution < -0.4 is 4.74 Å². The van der Waals surface area contributed by atoms with E-state index in [0.717, 1.165) is 26.9 Å². The minimum Gasteiger partial charge on any atom is -0.496 e. The standard InChI is InChI=1S/C12H15BrO2/c1-7-5-11(13)9(3)12(15-4)10(7)6-8(2)14/h5H,6H2,1-4H3. The minimum absolute atomic E-state index is 0.151. The third-order valence-corrected chi connectivity index (χ3v) is 3.25. The number of hydrogen-bond donors (Lipinski definition) is 0. The quantitative estimate of drug-likeness (QED) is 0.843. The summed E-state index contributed by atoms with van der Waals surface area (Å²) in [5.41, 5.74) is 3.12. The summed E-state index contributed by atoms with van der Waals surface area (Å²) in [5, 5.41) is 0. The van der Waals surface area contributed by atoms with Crippen molar-refractivity contribution in [2.24, 2.45) is 0 Å². The lowest BCUT2D eigenvalue weighted by atomic mass is 9.99. The molecule has 1 aromatic rings. The maximum atomic E-state index is 11.2. The van der Waals surface area contributed by atoms with Crippen LogP contribution in [-0.2, 0) is 11.2 Å². The van der Waals surface area contributed by atoms with Crippen LogP contribution in [0.25, 0.3) is 0 Å². The van der Waals surface area contributed by atoms with Crippen LogP contribution in [-0.4, -0.2) is 12.9 Å². The zero-order valence-corrected chi connectivity index (χ0v) is 11.1. The van der Waals surface area contributed by atoms with Gasteiger partial charge in [-0.2, -0.15) is 0 Å². The van der Waals surface area contributed by atoms with Gasteiger partial charge in [-0.25, -0.2) is 0 Å². The van der Waals surface area contributed by atoms with Gasteiger partial charge in [0.15, 0.2) is 0 Å². The van der Waals surface area contributed by atoms with E-state index in [-0.39, 0.29) is 5.78 Å². The number of carbonyl (C=O) groups is 1. The summed E-state index contributed by atoms with van der Waals surface area (Å²) in [4.78, 5) is 11.2. The average Bonchev–Trinajstić information content (AvgIpc) is 2.14. The van der Waals surface area contributed by atoms with Crippen LogP contribution in [0, 0.1) is 13.8 Å². The molecule has 0 aromatic heterocycles. The molecule has 0 amide bonds. The molecule has 0 aliphatic heterocycles. The minimum atomic E-state index is 0.151. The molecule has 0 radical (unpaired) electrons. The number of benzene rings is 1. The first-order valence-corrected chi connectivity index (χ1v) is 5.58. The maximum absolute atomic E-state index is 11.2. The highest BCUT2D eigenvalue weighted by atomic mass is 79.9. The molecule has 1 rings (SSSR count). The second-order valence-electron chi connectivity index (χ2n) is 3.69. The first kappa shape index (κ1) is 12.2. The van der Waals surface area contributed by atoms with Gasteiger partial charge in [-0.1, -0.05) is 15.9 Å². The largest absolute Gasteiger partial charge is 0.496 e. The van der Waals surface area contributed by atoms with Gasteiger partial charge in [0.05, 0.1) is 7.11 Å². The molecular formula is C12H15BrO2. The number of hydrogen-bond acceptors (Lipinski definition) is 2. The third-order valence-electron chi connectivity index (χ3n) is 2.42. The van der Waals surface area contributed by atoms with E-state index in [1.807, 2.05) is 19.9 Å². The summed E-state index contributed by atoms with van der Waals surface area (Å²) in [6, 6.07) is 2.02. The van der Waals surface area contributed by atoms with E-state index in [1.54, 1.807) is 14.0 Å². The van der Waals surface area contributed by atoms with Gasteiger partial charge in [-0.05, 0) is 32.4 Å². The fraction of sp³-hybridized carbons (Fsp3) is 0.417. The number of Topliss-reactive ketones (excluding diaryl/α,β-unsaturated/α-hetero) is 1. The van der Waals surface area contributed by atoms with E-state index in [9.17, 15) is 4.79 Å². The smallest absolute Gasteiger partial charge is 0.134 e. The van der Waals surface area contributed by atoms with Crippen LogP contribution in [0.2, 0.25) is 0 Å². The predicted octanol–water partition coefficient (Wildman–Crippen LogP) is 3.21. The number of ether oxygens (including phenoxy) is 1. The highest BCUT2D eigenvalue weighted by Gasteiger charge is 2.14. The third kappa shape index (κ3) is 2.59. The van der Waals surface area contributed by atoms with Crippen molar-refractivity contribution in [3.63, 3.8) is 0 Å². The van der Waals surface area contributed by atoms with E-state index in [2.05, 4.69) is 15.9 Å². The molecule has 0 bridgehead atoms. The fourth-order valence-electron chi connectivity index (χ4n) is 1.64. The molecule has 15 heavy (non-hydrogen) atoms. The van der Waals surface area contributed by atoms with Crippen LogP contribution in [0.4, 0.5) is 0 Å². The predicted molar refractivity (Wildman–Crippen MR) is 64.6 cm³/mol. The van der Waals surface area contributed by atoms with Gasteiger partial charge in [0.2, 0.25) is 0 Å². The molecule has 1 aromatic carbocycles.